The highest BCUT2D eigenvalue weighted by molar-refractivity contribution is 5.80. The van der Waals surface area contributed by atoms with Crippen molar-refractivity contribution in [2.75, 3.05) is 12.0 Å². The number of anilines is 2. The standard InChI is InChI=1S/C23H19NO2/c1-25-18-13-10-17(11-14-18)23-19-7-3-5-9-21(19)24-20-8-4-2-6-16(20)12-15-22(24)26-23/h2-15,22-23H,1H3. The smallest absolute Gasteiger partial charge is 0.155 e. The van der Waals surface area contributed by atoms with Crippen LogP contribution >= 0.6 is 0 Å². The molecule has 2 aliphatic heterocycles. The second kappa shape index (κ2) is 6.04. The quantitative estimate of drug-likeness (QED) is 0.631. The summed E-state index contributed by atoms with van der Waals surface area (Å²) in [5, 5.41) is 0. The number of fused-ring (bicyclic) bond motifs is 5. The maximum Gasteiger partial charge on any atom is 0.155 e. The molecule has 3 aromatic carbocycles. The summed E-state index contributed by atoms with van der Waals surface area (Å²) < 4.78 is 11.8. The number of nitrogens with zero attached hydrogens (tertiary/aromatic N) is 1. The third kappa shape index (κ3) is 2.32. The molecule has 0 radical (unpaired) electrons. The molecule has 26 heavy (non-hydrogen) atoms. The molecule has 3 heteroatoms. The maximum atomic E-state index is 6.53. The number of ether oxygens (including phenoxy) is 2. The molecule has 2 atom stereocenters. The van der Waals surface area contributed by atoms with Gasteiger partial charge in [-0.3, -0.25) is 0 Å². The molecule has 0 spiro atoms. The van der Waals surface area contributed by atoms with Gasteiger partial charge in [0.05, 0.1) is 18.5 Å². The Hall–Kier alpha value is -3.04. The van der Waals surface area contributed by atoms with Gasteiger partial charge in [0.15, 0.2) is 6.23 Å². The Morgan fingerprint density at radius 3 is 2.38 bits per heavy atom. The van der Waals surface area contributed by atoms with Crippen molar-refractivity contribution >= 4 is 17.5 Å². The second-order valence-corrected chi connectivity index (χ2v) is 6.53. The van der Waals surface area contributed by atoms with Crippen molar-refractivity contribution in [3.63, 3.8) is 0 Å². The van der Waals surface area contributed by atoms with Gasteiger partial charge in [0.2, 0.25) is 0 Å². The van der Waals surface area contributed by atoms with Crippen LogP contribution in [0.25, 0.3) is 6.08 Å². The fourth-order valence-electron chi connectivity index (χ4n) is 3.81. The Kier molecular flexibility index (Phi) is 3.54. The van der Waals surface area contributed by atoms with Crippen molar-refractivity contribution in [2.24, 2.45) is 0 Å². The van der Waals surface area contributed by atoms with Crippen LogP contribution in [-0.4, -0.2) is 13.3 Å². The Morgan fingerprint density at radius 2 is 1.58 bits per heavy atom. The lowest BCUT2D eigenvalue weighted by atomic mass is 9.95. The zero-order valence-corrected chi connectivity index (χ0v) is 14.5. The first kappa shape index (κ1) is 15.2. The van der Waals surface area contributed by atoms with Crippen LogP contribution in [0.3, 0.4) is 0 Å². The highest BCUT2D eigenvalue weighted by Crippen LogP contribution is 2.46. The van der Waals surface area contributed by atoms with Gasteiger partial charge in [-0.1, -0.05) is 54.6 Å². The first-order chi connectivity index (χ1) is 12.8. The van der Waals surface area contributed by atoms with Crippen LogP contribution in [-0.2, 0) is 4.74 Å². The van der Waals surface area contributed by atoms with Crippen molar-refractivity contribution in [3.05, 3.63) is 95.6 Å². The predicted octanol–water partition coefficient (Wildman–Crippen LogP) is 5.31. The second-order valence-electron chi connectivity index (χ2n) is 6.53. The van der Waals surface area contributed by atoms with E-state index in [1.54, 1.807) is 7.11 Å². The van der Waals surface area contributed by atoms with Crippen LogP contribution in [0.2, 0.25) is 0 Å². The summed E-state index contributed by atoms with van der Waals surface area (Å²) in [5.74, 6) is 0.853. The number of para-hydroxylation sites is 2. The monoisotopic (exact) mass is 341 g/mol. The Labute approximate surface area is 153 Å². The average Bonchev–Trinajstić information content (AvgIpc) is 2.73. The SMILES string of the molecule is COc1ccc(C2OC3C=Cc4ccccc4N3c3ccccc32)cc1. The van der Waals surface area contributed by atoms with Crippen molar-refractivity contribution < 1.29 is 9.47 Å². The van der Waals surface area contributed by atoms with Gasteiger partial charge >= 0.3 is 0 Å². The molecule has 5 rings (SSSR count). The fourth-order valence-corrected chi connectivity index (χ4v) is 3.81. The minimum absolute atomic E-state index is 0.103. The van der Waals surface area contributed by atoms with E-state index in [0.29, 0.717) is 0 Å². The van der Waals surface area contributed by atoms with Crippen LogP contribution in [0.5, 0.6) is 5.75 Å². The summed E-state index contributed by atoms with van der Waals surface area (Å²) in [5.41, 5.74) is 5.90. The highest BCUT2D eigenvalue weighted by Gasteiger charge is 2.35. The summed E-state index contributed by atoms with van der Waals surface area (Å²) in [6.07, 6.45) is 4.06. The summed E-state index contributed by atoms with van der Waals surface area (Å²) in [6, 6.07) is 25.1. The van der Waals surface area contributed by atoms with E-state index >= 15 is 0 Å². The van der Waals surface area contributed by atoms with Gasteiger partial charge in [-0.25, -0.2) is 0 Å². The van der Waals surface area contributed by atoms with E-state index in [9.17, 15) is 0 Å². The van der Waals surface area contributed by atoms with Crippen LogP contribution < -0.4 is 9.64 Å². The summed E-state index contributed by atoms with van der Waals surface area (Å²) in [7, 11) is 1.68. The molecule has 0 aromatic heterocycles. The van der Waals surface area contributed by atoms with E-state index in [4.69, 9.17) is 9.47 Å². The van der Waals surface area contributed by atoms with Gasteiger partial charge < -0.3 is 14.4 Å². The molecule has 2 aliphatic rings. The summed E-state index contributed by atoms with van der Waals surface area (Å²) >= 11 is 0. The number of benzene rings is 3. The molecular weight excluding hydrogens is 322 g/mol. The lowest BCUT2D eigenvalue weighted by Gasteiger charge is -2.43. The molecule has 2 heterocycles. The largest absolute Gasteiger partial charge is 0.497 e. The minimum atomic E-state index is -0.119. The van der Waals surface area contributed by atoms with E-state index in [2.05, 4.69) is 77.7 Å². The van der Waals surface area contributed by atoms with E-state index < -0.39 is 0 Å². The third-order valence-electron chi connectivity index (χ3n) is 5.06. The molecule has 0 aliphatic carbocycles. The molecule has 0 N–H and O–H groups in total. The van der Waals surface area contributed by atoms with E-state index in [-0.39, 0.29) is 12.3 Å². The van der Waals surface area contributed by atoms with Crippen molar-refractivity contribution in [2.45, 2.75) is 12.3 Å². The zero-order valence-electron chi connectivity index (χ0n) is 14.5. The molecule has 2 unspecified atom stereocenters. The van der Waals surface area contributed by atoms with Crippen LogP contribution in [0, 0.1) is 0 Å². The molecule has 3 aromatic rings. The van der Waals surface area contributed by atoms with Gasteiger partial charge in [0.1, 0.15) is 11.9 Å². The fraction of sp³-hybridized carbons (Fsp3) is 0.130. The van der Waals surface area contributed by atoms with E-state index in [1.807, 2.05) is 12.1 Å². The first-order valence-electron chi connectivity index (χ1n) is 8.80. The summed E-state index contributed by atoms with van der Waals surface area (Å²) in [4.78, 5) is 2.28. The van der Waals surface area contributed by atoms with Gasteiger partial charge in [-0.2, -0.15) is 0 Å². The Bertz CT molecular complexity index is 978. The van der Waals surface area contributed by atoms with Crippen LogP contribution in [0.1, 0.15) is 22.8 Å². The lowest BCUT2D eigenvalue weighted by molar-refractivity contribution is 0.0302. The molecule has 0 fully saturated rings. The molecule has 128 valence electrons. The number of rotatable bonds is 2. The molecule has 0 saturated carbocycles. The third-order valence-corrected chi connectivity index (χ3v) is 5.06. The first-order valence-corrected chi connectivity index (χ1v) is 8.80. The molecule has 3 nitrogen and oxygen atoms in total. The van der Waals surface area contributed by atoms with Crippen molar-refractivity contribution in [1.29, 1.82) is 0 Å². The van der Waals surface area contributed by atoms with Crippen LogP contribution in [0.4, 0.5) is 11.4 Å². The van der Waals surface area contributed by atoms with Gasteiger partial charge in [0, 0.05) is 5.56 Å². The van der Waals surface area contributed by atoms with E-state index in [0.717, 1.165) is 11.3 Å². The van der Waals surface area contributed by atoms with Gasteiger partial charge in [0.25, 0.3) is 0 Å². The maximum absolute atomic E-state index is 6.53. The Morgan fingerprint density at radius 1 is 0.846 bits per heavy atom. The number of methoxy groups -OCH3 is 1. The van der Waals surface area contributed by atoms with Crippen LogP contribution in [0.15, 0.2) is 78.9 Å². The molecule has 0 amide bonds. The van der Waals surface area contributed by atoms with Gasteiger partial charge in [-0.05, 0) is 41.5 Å². The molecule has 0 saturated heterocycles. The average molecular weight is 341 g/mol. The molecule has 0 bridgehead atoms. The predicted molar refractivity (Wildman–Crippen MR) is 104 cm³/mol. The minimum Gasteiger partial charge on any atom is -0.497 e. The van der Waals surface area contributed by atoms with Crippen molar-refractivity contribution in [1.82, 2.24) is 0 Å². The topological polar surface area (TPSA) is 21.7 Å². The number of hydrogen-bond acceptors (Lipinski definition) is 3. The highest BCUT2D eigenvalue weighted by atomic mass is 16.5. The van der Waals surface area contributed by atoms with Gasteiger partial charge in [-0.15, -0.1) is 0 Å². The van der Waals surface area contributed by atoms with E-state index in [1.165, 1.54) is 22.5 Å². The summed E-state index contributed by atoms with van der Waals surface area (Å²) in [6.45, 7) is 0. The zero-order chi connectivity index (χ0) is 17.5. The molecular formula is C23H19NO2. The lowest BCUT2D eigenvalue weighted by Crippen LogP contribution is -2.40. The Balaban J connectivity index is 1.64. The van der Waals surface area contributed by atoms with Crippen molar-refractivity contribution in [3.8, 4) is 5.75 Å². The number of hydrogen-bond donors (Lipinski definition) is 0. The normalized spacial score (nSPS) is 20.1.